The van der Waals surface area contributed by atoms with Crippen LogP contribution in [0.2, 0.25) is 0 Å². The van der Waals surface area contributed by atoms with Crippen molar-refractivity contribution in [2.24, 2.45) is 0 Å². The van der Waals surface area contributed by atoms with Crippen molar-refractivity contribution in [1.82, 2.24) is 20.2 Å². The van der Waals surface area contributed by atoms with E-state index in [2.05, 4.69) is 39.3 Å². The lowest BCUT2D eigenvalue weighted by Crippen LogP contribution is -2.12. The molecule has 1 amide bonds. The zero-order valence-electron chi connectivity index (χ0n) is 15.5. The van der Waals surface area contributed by atoms with Crippen LogP contribution in [0, 0.1) is 6.92 Å². The summed E-state index contributed by atoms with van der Waals surface area (Å²) in [5.41, 5.74) is 1.95. The van der Waals surface area contributed by atoms with Gasteiger partial charge in [0.1, 0.15) is 15.9 Å². The Kier molecular flexibility index (Phi) is 6.52. The van der Waals surface area contributed by atoms with E-state index in [-0.39, 0.29) is 5.91 Å². The van der Waals surface area contributed by atoms with Gasteiger partial charge in [-0.25, -0.2) is 9.97 Å². The van der Waals surface area contributed by atoms with E-state index in [1.807, 2.05) is 43.3 Å². The van der Waals surface area contributed by atoms with Crippen LogP contribution in [0.5, 0.6) is 0 Å². The minimum absolute atomic E-state index is 0.0667. The molecule has 27 heavy (non-hydrogen) atoms. The second-order valence-electron chi connectivity index (χ2n) is 6.25. The Morgan fingerprint density at radius 1 is 1.19 bits per heavy atom. The summed E-state index contributed by atoms with van der Waals surface area (Å²) >= 11 is 2.97. The Hall–Kier alpha value is -2.32. The number of nitrogens with zero attached hydrogens (tertiary/aromatic N) is 4. The number of benzene rings is 1. The molecule has 0 spiro atoms. The number of carbonyl (C=O) groups is 1. The number of nitrogens with one attached hydrogen (secondary N) is 1. The standard InChI is InChI=1S/C19H21N5OS2/c1-12(2)18-23-24-19(27-18)22-16(25)9-10-26-17-11-15(20-13(3)21-17)14-7-5-4-6-8-14/h4-8,11-12H,9-10H2,1-3H3,(H,22,24,25). The van der Waals surface area contributed by atoms with Gasteiger partial charge in [-0.2, -0.15) is 0 Å². The van der Waals surface area contributed by atoms with Crippen molar-refractivity contribution in [3.8, 4) is 11.3 Å². The zero-order valence-corrected chi connectivity index (χ0v) is 17.1. The van der Waals surface area contributed by atoms with Crippen molar-refractivity contribution < 1.29 is 4.79 Å². The lowest BCUT2D eigenvalue weighted by molar-refractivity contribution is -0.115. The molecule has 140 valence electrons. The third-order valence-corrected chi connectivity index (χ3v) is 5.70. The van der Waals surface area contributed by atoms with Crippen LogP contribution in [0.1, 0.15) is 37.0 Å². The van der Waals surface area contributed by atoms with Crippen LogP contribution < -0.4 is 5.32 Å². The summed E-state index contributed by atoms with van der Waals surface area (Å²) in [6.07, 6.45) is 0.380. The van der Waals surface area contributed by atoms with Crippen molar-refractivity contribution in [2.45, 2.75) is 38.1 Å². The molecule has 1 aromatic carbocycles. The minimum atomic E-state index is -0.0667. The highest BCUT2D eigenvalue weighted by Gasteiger charge is 2.11. The SMILES string of the molecule is Cc1nc(SCCC(=O)Nc2nnc(C(C)C)s2)cc(-c2ccccc2)n1. The Morgan fingerprint density at radius 3 is 2.67 bits per heavy atom. The Morgan fingerprint density at radius 2 is 1.96 bits per heavy atom. The van der Waals surface area contributed by atoms with Gasteiger partial charge in [-0.05, 0) is 13.0 Å². The first-order valence-electron chi connectivity index (χ1n) is 8.68. The molecule has 0 fully saturated rings. The van der Waals surface area contributed by atoms with E-state index in [0.29, 0.717) is 23.2 Å². The van der Waals surface area contributed by atoms with Crippen LogP contribution in [-0.2, 0) is 4.79 Å². The fourth-order valence-electron chi connectivity index (χ4n) is 2.32. The average molecular weight is 400 g/mol. The lowest BCUT2D eigenvalue weighted by atomic mass is 10.1. The van der Waals surface area contributed by atoms with Crippen LogP contribution in [-0.4, -0.2) is 31.8 Å². The highest BCUT2D eigenvalue weighted by molar-refractivity contribution is 7.99. The second kappa shape index (κ2) is 9.05. The summed E-state index contributed by atoms with van der Waals surface area (Å²) in [5.74, 6) is 1.59. The Bertz CT molecular complexity index is 911. The van der Waals surface area contributed by atoms with Crippen molar-refractivity contribution in [2.75, 3.05) is 11.1 Å². The molecule has 0 radical (unpaired) electrons. The first kappa shape index (κ1) is 19.4. The summed E-state index contributed by atoms with van der Waals surface area (Å²) in [7, 11) is 0. The van der Waals surface area contributed by atoms with E-state index < -0.39 is 0 Å². The summed E-state index contributed by atoms with van der Waals surface area (Å²) in [6, 6.07) is 12.0. The van der Waals surface area contributed by atoms with Gasteiger partial charge in [0, 0.05) is 23.7 Å². The maximum atomic E-state index is 12.1. The minimum Gasteiger partial charge on any atom is -0.301 e. The first-order valence-corrected chi connectivity index (χ1v) is 10.5. The zero-order chi connectivity index (χ0) is 19.2. The van der Waals surface area contributed by atoms with Gasteiger partial charge in [-0.15, -0.1) is 22.0 Å². The fourth-order valence-corrected chi connectivity index (χ4v) is 3.97. The van der Waals surface area contributed by atoms with E-state index in [9.17, 15) is 4.79 Å². The number of aromatic nitrogens is 4. The van der Waals surface area contributed by atoms with Crippen molar-refractivity contribution in [3.63, 3.8) is 0 Å². The predicted molar refractivity (Wildman–Crippen MR) is 110 cm³/mol. The molecule has 3 rings (SSSR count). The second-order valence-corrected chi connectivity index (χ2v) is 8.38. The van der Waals surface area contributed by atoms with Crippen molar-refractivity contribution in [1.29, 1.82) is 0 Å². The van der Waals surface area contributed by atoms with Crippen LogP contribution >= 0.6 is 23.1 Å². The molecular weight excluding hydrogens is 378 g/mol. The topological polar surface area (TPSA) is 80.7 Å². The number of anilines is 1. The third kappa shape index (κ3) is 5.58. The Balaban J connectivity index is 1.55. The van der Waals surface area contributed by atoms with Crippen LogP contribution in [0.3, 0.4) is 0 Å². The summed E-state index contributed by atoms with van der Waals surface area (Å²) in [4.78, 5) is 21.1. The number of thioether (sulfide) groups is 1. The normalized spacial score (nSPS) is 11.0. The van der Waals surface area contributed by atoms with Crippen molar-refractivity contribution >= 4 is 34.1 Å². The summed E-state index contributed by atoms with van der Waals surface area (Å²) in [6.45, 7) is 5.98. The largest absolute Gasteiger partial charge is 0.301 e. The molecule has 8 heteroatoms. The molecule has 3 aromatic rings. The molecule has 0 aliphatic heterocycles. The number of hydrogen-bond donors (Lipinski definition) is 1. The molecule has 0 aliphatic carbocycles. The molecule has 0 saturated heterocycles. The van der Waals surface area contributed by atoms with E-state index in [0.717, 1.165) is 27.1 Å². The van der Waals surface area contributed by atoms with Crippen LogP contribution in [0.4, 0.5) is 5.13 Å². The van der Waals surface area contributed by atoms with Gasteiger partial charge in [0.15, 0.2) is 0 Å². The quantitative estimate of drug-likeness (QED) is 0.464. The number of aryl methyl sites for hydroxylation is 1. The smallest absolute Gasteiger partial charge is 0.227 e. The van der Waals surface area contributed by atoms with Gasteiger partial charge in [0.2, 0.25) is 11.0 Å². The number of carbonyl (C=O) groups excluding carboxylic acids is 1. The monoisotopic (exact) mass is 399 g/mol. The maximum Gasteiger partial charge on any atom is 0.227 e. The number of hydrogen-bond acceptors (Lipinski definition) is 7. The molecule has 0 unspecified atom stereocenters. The number of amides is 1. The lowest BCUT2D eigenvalue weighted by Gasteiger charge is -2.06. The van der Waals surface area contributed by atoms with Gasteiger partial charge >= 0.3 is 0 Å². The molecular formula is C19H21N5OS2. The molecule has 0 atom stereocenters. The third-order valence-electron chi connectivity index (χ3n) is 3.64. The molecule has 0 bridgehead atoms. The van der Waals surface area contributed by atoms with E-state index in [1.54, 1.807) is 11.8 Å². The predicted octanol–water partition coefficient (Wildman–Crippen LogP) is 4.55. The average Bonchev–Trinajstić information content (AvgIpc) is 3.11. The van der Waals surface area contributed by atoms with Gasteiger partial charge < -0.3 is 5.32 Å². The maximum absolute atomic E-state index is 12.1. The van der Waals surface area contributed by atoms with Crippen LogP contribution in [0.15, 0.2) is 41.4 Å². The summed E-state index contributed by atoms with van der Waals surface area (Å²) < 4.78 is 0. The van der Waals surface area contributed by atoms with Gasteiger partial charge in [-0.3, -0.25) is 4.79 Å². The fraction of sp³-hybridized carbons (Fsp3) is 0.316. The Labute approximate surface area is 166 Å². The van der Waals surface area contributed by atoms with Gasteiger partial charge in [0.05, 0.1) is 5.69 Å². The van der Waals surface area contributed by atoms with E-state index in [4.69, 9.17) is 0 Å². The van der Waals surface area contributed by atoms with Crippen LogP contribution in [0.25, 0.3) is 11.3 Å². The van der Waals surface area contributed by atoms with Crippen molar-refractivity contribution in [3.05, 3.63) is 47.2 Å². The van der Waals surface area contributed by atoms with E-state index >= 15 is 0 Å². The highest BCUT2D eigenvalue weighted by atomic mass is 32.2. The molecule has 0 saturated carbocycles. The summed E-state index contributed by atoms with van der Waals surface area (Å²) in [5, 5.41) is 13.2. The molecule has 1 N–H and O–H groups in total. The van der Waals surface area contributed by atoms with Gasteiger partial charge in [-0.1, -0.05) is 55.5 Å². The number of rotatable bonds is 7. The van der Waals surface area contributed by atoms with Gasteiger partial charge in [0.25, 0.3) is 0 Å². The highest BCUT2D eigenvalue weighted by Crippen LogP contribution is 2.24. The molecule has 0 aliphatic rings. The van der Waals surface area contributed by atoms with E-state index in [1.165, 1.54) is 11.3 Å². The molecule has 6 nitrogen and oxygen atoms in total. The first-order chi connectivity index (χ1) is 13.0. The molecule has 2 heterocycles. The molecule has 2 aromatic heterocycles.